The molecule has 0 saturated carbocycles. The number of anilines is 1. The molecule has 2 rings (SSSR count). The number of rotatable bonds is 7. The number of carboxylic acid groups (broad SMARTS) is 1. The summed E-state index contributed by atoms with van der Waals surface area (Å²) >= 11 is 0.948. The fourth-order valence-corrected chi connectivity index (χ4v) is 2.51. The first-order valence-electron chi connectivity index (χ1n) is 7.29. The van der Waals surface area contributed by atoms with Crippen molar-refractivity contribution < 1.29 is 14.7 Å². The molecular formula is C15H16N5O4S-. The van der Waals surface area contributed by atoms with Crippen LogP contribution in [-0.4, -0.2) is 32.5 Å². The van der Waals surface area contributed by atoms with Crippen LogP contribution in [0.3, 0.4) is 0 Å². The summed E-state index contributed by atoms with van der Waals surface area (Å²) in [5, 5.41) is 20.6. The molecule has 2 aromatic rings. The molecule has 0 unspecified atom stereocenters. The minimum Gasteiger partial charge on any atom is -0.550 e. The third kappa shape index (κ3) is 5.31. The molecule has 0 saturated heterocycles. The highest BCUT2D eigenvalue weighted by Crippen LogP contribution is 2.13. The van der Waals surface area contributed by atoms with E-state index in [1.165, 1.54) is 0 Å². The van der Waals surface area contributed by atoms with E-state index in [1.54, 1.807) is 12.1 Å². The number of hydrogen-bond donors (Lipinski definition) is 2. The Morgan fingerprint density at radius 2 is 1.96 bits per heavy atom. The molecule has 0 atom stereocenters. The van der Waals surface area contributed by atoms with Gasteiger partial charge in [0.1, 0.15) is 5.69 Å². The van der Waals surface area contributed by atoms with E-state index in [-0.39, 0.29) is 35.4 Å². The van der Waals surface area contributed by atoms with Crippen molar-refractivity contribution in [3.05, 3.63) is 45.9 Å². The van der Waals surface area contributed by atoms with Crippen molar-refractivity contribution in [2.75, 3.05) is 16.9 Å². The van der Waals surface area contributed by atoms with Gasteiger partial charge in [-0.2, -0.15) is 4.68 Å². The van der Waals surface area contributed by atoms with Crippen LogP contribution in [0, 0.1) is 6.92 Å². The van der Waals surface area contributed by atoms with Crippen molar-refractivity contribution in [1.29, 1.82) is 0 Å². The van der Waals surface area contributed by atoms with Crippen LogP contribution in [0.25, 0.3) is 0 Å². The van der Waals surface area contributed by atoms with Crippen molar-refractivity contribution in [1.82, 2.24) is 14.9 Å². The van der Waals surface area contributed by atoms with E-state index in [0.29, 0.717) is 5.69 Å². The summed E-state index contributed by atoms with van der Waals surface area (Å²) in [5.41, 5.74) is 1.01. The second-order valence-electron chi connectivity index (χ2n) is 5.18. The number of hydrogen-bond acceptors (Lipinski definition) is 8. The van der Waals surface area contributed by atoms with Gasteiger partial charge >= 0.3 is 0 Å². The number of nitrogens with one attached hydrogen (secondary N) is 1. The van der Waals surface area contributed by atoms with E-state index in [4.69, 9.17) is 5.84 Å². The zero-order valence-electron chi connectivity index (χ0n) is 13.4. The standard InChI is InChI=1S/C15H17N5O4S/c1-9-2-4-10(5-3-9)17-12(21)8-25-15-19-18-11(6-7-13(22)23)14(24)20(15)16/h2-5H,6-8,16H2,1H3,(H,17,21)(H,22,23)/p-1. The summed E-state index contributed by atoms with van der Waals surface area (Å²) in [7, 11) is 0. The SMILES string of the molecule is Cc1ccc(NC(=O)CSc2nnc(CCC(=O)[O-])c(=O)n2N)cc1. The summed E-state index contributed by atoms with van der Waals surface area (Å²) in [5.74, 6) is 4.03. The maximum Gasteiger partial charge on any atom is 0.294 e. The Bertz CT molecular complexity index is 835. The summed E-state index contributed by atoms with van der Waals surface area (Å²) in [6.45, 7) is 1.94. The van der Waals surface area contributed by atoms with Gasteiger partial charge in [-0.25, -0.2) is 0 Å². The number of nitrogen functional groups attached to an aromatic ring is 1. The zero-order chi connectivity index (χ0) is 18.4. The molecule has 1 aromatic heterocycles. The fourth-order valence-electron chi connectivity index (χ4n) is 1.86. The van der Waals surface area contributed by atoms with Gasteiger partial charge in [0.25, 0.3) is 5.56 Å². The van der Waals surface area contributed by atoms with Crippen molar-refractivity contribution in [2.45, 2.75) is 24.9 Å². The Morgan fingerprint density at radius 3 is 2.60 bits per heavy atom. The number of amides is 1. The molecule has 0 aliphatic rings. The van der Waals surface area contributed by atoms with Gasteiger partial charge in [-0.05, 0) is 25.5 Å². The Morgan fingerprint density at radius 1 is 1.28 bits per heavy atom. The predicted octanol–water partition coefficient (Wildman–Crippen LogP) is -0.926. The monoisotopic (exact) mass is 362 g/mol. The highest BCUT2D eigenvalue weighted by molar-refractivity contribution is 7.99. The largest absolute Gasteiger partial charge is 0.550 e. The number of aliphatic carboxylic acids is 1. The Balaban J connectivity index is 1.97. The third-order valence-corrected chi connectivity index (χ3v) is 4.10. The van der Waals surface area contributed by atoms with Crippen LogP contribution in [-0.2, 0) is 16.0 Å². The number of carbonyl (C=O) groups is 2. The number of aryl methyl sites for hydroxylation is 2. The second kappa shape index (κ2) is 8.29. The molecular weight excluding hydrogens is 346 g/mol. The smallest absolute Gasteiger partial charge is 0.294 e. The molecule has 10 heteroatoms. The average molecular weight is 362 g/mol. The Labute approximate surface area is 147 Å². The van der Waals surface area contributed by atoms with Crippen LogP contribution in [0.5, 0.6) is 0 Å². The number of carbonyl (C=O) groups excluding carboxylic acids is 2. The van der Waals surface area contributed by atoms with E-state index in [9.17, 15) is 19.5 Å². The molecule has 0 fully saturated rings. The van der Waals surface area contributed by atoms with Gasteiger partial charge in [-0.1, -0.05) is 29.5 Å². The molecule has 132 valence electrons. The average Bonchev–Trinajstić information content (AvgIpc) is 2.57. The van der Waals surface area contributed by atoms with Crippen molar-refractivity contribution in [3.63, 3.8) is 0 Å². The van der Waals surface area contributed by atoms with Crippen LogP contribution in [0.2, 0.25) is 0 Å². The van der Waals surface area contributed by atoms with Gasteiger partial charge < -0.3 is 21.1 Å². The Kier molecular flexibility index (Phi) is 6.12. The topological polar surface area (TPSA) is 143 Å². The van der Waals surface area contributed by atoms with E-state index in [2.05, 4.69) is 15.5 Å². The predicted molar refractivity (Wildman–Crippen MR) is 90.3 cm³/mol. The van der Waals surface area contributed by atoms with Crippen LogP contribution in [0.15, 0.2) is 34.2 Å². The summed E-state index contributed by atoms with van der Waals surface area (Å²) < 4.78 is 0.751. The molecule has 0 aliphatic carbocycles. The molecule has 0 spiro atoms. The van der Waals surface area contributed by atoms with E-state index >= 15 is 0 Å². The van der Waals surface area contributed by atoms with Crippen LogP contribution >= 0.6 is 11.8 Å². The number of carboxylic acids is 1. The molecule has 0 radical (unpaired) electrons. The first-order chi connectivity index (χ1) is 11.9. The molecule has 25 heavy (non-hydrogen) atoms. The van der Waals surface area contributed by atoms with Gasteiger partial charge in [-0.15, -0.1) is 10.2 Å². The number of nitrogens with two attached hydrogens (primary N) is 1. The quantitative estimate of drug-likeness (QED) is 0.475. The first kappa shape index (κ1) is 18.5. The number of nitrogens with zero attached hydrogens (tertiary/aromatic N) is 3. The normalized spacial score (nSPS) is 10.4. The van der Waals surface area contributed by atoms with Crippen molar-refractivity contribution >= 4 is 29.3 Å². The lowest BCUT2D eigenvalue weighted by Crippen LogP contribution is -2.34. The summed E-state index contributed by atoms with van der Waals surface area (Å²) in [6, 6.07) is 7.31. The number of aromatic nitrogens is 3. The van der Waals surface area contributed by atoms with Crippen LogP contribution in [0.1, 0.15) is 17.7 Å². The highest BCUT2D eigenvalue weighted by Gasteiger charge is 2.12. The lowest BCUT2D eigenvalue weighted by atomic mass is 10.2. The molecule has 0 bridgehead atoms. The minimum atomic E-state index is -1.30. The number of benzene rings is 1. The zero-order valence-corrected chi connectivity index (χ0v) is 14.2. The minimum absolute atomic E-state index is 0.0163. The first-order valence-corrected chi connectivity index (χ1v) is 8.28. The molecule has 0 aliphatic heterocycles. The summed E-state index contributed by atoms with van der Waals surface area (Å²) in [4.78, 5) is 34.3. The number of thioether (sulfide) groups is 1. The second-order valence-corrected chi connectivity index (χ2v) is 6.12. The van der Waals surface area contributed by atoms with Crippen LogP contribution < -0.4 is 21.8 Å². The third-order valence-electron chi connectivity index (χ3n) is 3.16. The van der Waals surface area contributed by atoms with E-state index in [0.717, 1.165) is 22.0 Å². The fraction of sp³-hybridized carbons (Fsp3) is 0.267. The molecule has 1 aromatic carbocycles. The van der Waals surface area contributed by atoms with Crippen molar-refractivity contribution in [2.24, 2.45) is 0 Å². The van der Waals surface area contributed by atoms with Gasteiger partial charge in [0, 0.05) is 18.1 Å². The van der Waals surface area contributed by atoms with Gasteiger partial charge in [0.15, 0.2) is 0 Å². The van der Waals surface area contributed by atoms with E-state index < -0.39 is 11.5 Å². The van der Waals surface area contributed by atoms with Gasteiger partial charge in [-0.3, -0.25) is 9.59 Å². The molecule has 1 heterocycles. The lowest BCUT2D eigenvalue weighted by molar-refractivity contribution is -0.305. The molecule has 9 nitrogen and oxygen atoms in total. The molecule has 1 amide bonds. The van der Waals surface area contributed by atoms with Gasteiger partial charge in [0.05, 0.1) is 5.75 Å². The van der Waals surface area contributed by atoms with Crippen molar-refractivity contribution in [3.8, 4) is 0 Å². The highest BCUT2D eigenvalue weighted by atomic mass is 32.2. The van der Waals surface area contributed by atoms with Crippen LogP contribution in [0.4, 0.5) is 5.69 Å². The maximum absolute atomic E-state index is 12.0. The lowest BCUT2D eigenvalue weighted by Gasteiger charge is -2.08. The maximum atomic E-state index is 12.0. The molecule has 3 N–H and O–H groups in total. The Hall–Kier alpha value is -2.88. The summed E-state index contributed by atoms with van der Waals surface area (Å²) in [6.07, 6.45) is -0.473. The van der Waals surface area contributed by atoms with Gasteiger partial charge in [0.2, 0.25) is 11.1 Å². The van der Waals surface area contributed by atoms with E-state index in [1.807, 2.05) is 19.1 Å².